The molecule has 8 nitrogen and oxygen atoms in total. The lowest BCUT2D eigenvalue weighted by molar-refractivity contribution is -0.132. The van der Waals surface area contributed by atoms with Gasteiger partial charge < -0.3 is 14.7 Å². The molecule has 2 aromatic carbocycles. The lowest BCUT2D eigenvalue weighted by atomic mass is 9.99. The lowest BCUT2D eigenvalue weighted by Gasteiger charge is -2.41. The number of thiazole rings is 1. The zero-order valence-corrected chi connectivity index (χ0v) is 22.5. The molecule has 0 radical (unpaired) electrons. The molecule has 11 heteroatoms. The van der Waals surface area contributed by atoms with E-state index in [0.717, 1.165) is 42.0 Å². The van der Waals surface area contributed by atoms with Gasteiger partial charge in [-0.05, 0) is 74.7 Å². The Morgan fingerprint density at radius 2 is 1.84 bits per heavy atom. The van der Waals surface area contributed by atoms with E-state index in [1.54, 1.807) is 41.8 Å². The number of carbonyl (C=O) groups is 1. The van der Waals surface area contributed by atoms with Gasteiger partial charge in [0.05, 0.1) is 10.6 Å². The van der Waals surface area contributed by atoms with Crippen LogP contribution in [-0.4, -0.2) is 63.0 Å². The van der Waals surface area contributed by atoms with Crippen LogP contribution in [0.15, 0.2) is 52.7 Å². The van der Waals surface area contributed by atoms with E-state index < -0.39 is 10.0 Å². The van der Waals surface area contributed by atoms with Gasteiger partial charge in [0.15, 0.2) is 5.13 Å². The average Bonchev–Trinajstić information content (AvgIpc) is 3.31. The number of aromatic nitrogens is 1. The maximum atomic E-state index is 13.7. The van der Waals surface area contributed by atoms with Gasteiger partial charge in [-0.25, -0.2) is 17.8 Å². The normalized spacial score (nSPS) is 16.9. The zero-order valence-electron chi connectivity index (χ0n) is 20.9. The number of sulfonamides is 1. The first kappa shape index (κ1) is 25.5. The first-order valence-electron chi connectivity index (χ1n) is 12.3. The minimum absolute atomic E-state index is 0. The zero-order chi connectivity index (χ0) is 26.2. The Balaban J connectivity index is 0.00000336. The van der Waals surface area contributed by atoms with E-state index in [4.69, 9.17) is 0 Å². The van der Waals surface area contributed by atoms with Crippen LogP contribution in [0.1, 0.15) is 26.0 Å². The molecule has 3 heterocycles. The maximum Gasteiger partial charge on any atom is 0.263 e. The Hall–Kier alpha value is -3.18. The van der Waals surface area contributed by atoms with Crippen LogP contribution in [0.5, 0.6) is 0 Å². The van der Waals surface area contributed by atoms with E-state index in [1.807, 2.05) is 18.7 Å². The molecule has 0 saturated carbocycles. The molecule has 37 heavy (non-hydrogen) atoms. The molecule has 5 rings (SSSR count). The molecule has 1 fully saturated rings. The summed E-state index contributed by atoms with van der Waals surface area (Å²) in [5.74, 6) is -0.172. The van der Waals surface area contributed by atoms with Gasteiger partial charge in [-0.1, -0.05) is 0 Å². The van der Waals surface area contributed by atoms with E-state index in [1.165, 1.54) is 17.4 Å². The Morgan fingerprint density at radius 3 is 2.51 bits per heavy atom. The van der Waals surface area contributed by atoms with Crippen molar-refractivity contribution in [1.82, 2.24) is 9.88 Å². The van der Waals surface area contributed by atoms with E-state index >= 15 is 0 Å². The highest BCUT2D eigenvalue weighted by Crippen LogP contribution is 2.30. The van der Waals surface area contributed by atoms with E-state index in [2.05, 4.69) is 19.5 Å². The molecular formula is C26H32FN5O3S2. The van der Waals surface area contributed by atoms with E-state index in [9.17, 15) is 17.6 Å². The van der Waals surface area contributed by atoms with Gasteiger partial charge in [0.25, 0.3) is 10.0 Å². The number of piperazine rings is 1. The van der Waals surface area contributed by atoms with Gasteiger partial charge in [0.1, 0.15) is 11.9 Å². The van der Waals surface area contributed by atoms with Crippen LogP contribution in [0.4, 0.5) is 20.9 Å². The average molecular weight is 546 g/mol. The summed E-state index contributed by atoms with van der Waals surface area (Å²) in [6.07, 6.45) is 1.72. The van der Waals surface area contributed by atoms with Crippen molar-refractivity contribution in [3.63, 3.8) is 0 Å². The van der Waals surface area contributed by atoms with Gasteiger partial charge in [0.2, 0.25) is 5.91 Å². The molecule has 198 valence electrons. The van der Waals surface area contributed by atoms with Crippen LogP contribution in [-0.2, 0) is 21.2 Å². The minimum atomic E-state index is -3.71. The molecule has 1 saturated heterocycles. The molecule has 0 aliphatic carbocycles. The summed E-state index contributed by atoms with van der Waals surface area (Å²) in [5.41, 5.74) is 3.58. The first-order chi connectivity index (χ1) is 17.7. The largest absolute Gasteiger partial charge is 0.368 e. The van der Waals surface area contributed by atoms with Crippen molar-refractivity contribution in [2.24, 2.45) is 0 Å². The van der Waals surface area contributed by atoms with Crippen molar-refractivity contribution < 1.29 is 19.0 Å². The van der Waals surface area contributed by atoms with E-state index in [0.29, 0.717) is 31.3 Å². The number of nitrogens with one attached hydrogen (secondary N) is 1. The number of halogens is 1. The van der Waals surface area contributed by atoms with Crippen LogP contribution in [0.2, 0.25) is 0 Å². The van der Waals surface area contributed by atoms with Crippen molar-refractivity contribution in [2.45, 2.75) is 37.6 Å². The number of rotatable bonds is 6. The molecular weight excluding hydrogens is 513 g/mol. The molecule has 1 aromatic heterocycles. The third-order valence-corrected chi connectivity index (χ3v) is 9.32. The standard InChI is InChI=1S/C26H30FN5O3S2.H2/c1-18-17-36-26(28-18)29-37(34,35)23-8-6-22(7-9-23)30-12-14-31(15-13-30)25(33)19(2)32-11-3-4-20-16-21(27)5-10-24(20)32;/h5-10,16-17,19H,3-4,11-15H2,1-2H3,(H,28,29);1H/t19-;/m1./s1. The number of nitrogens with zero attached hydrogens (tertiary/aromatic N) is 4. The Morgan fingerprint density at radius 1 is 1.11 bits per heavy atom. The number of aryl methyl sites for hydroxylation is 2. The van der Waals surface area contributed by atoms with Gasteiger partial charge in [-0.3, -0.25) is 9.52 Å². The highest BCUT2D eigenvalue weighted by atomic mass is 32.2. The molecule has 1 amide bonds. The third-order valence-electron chi connectivity index (χ3n) is 6.97. The highest BCUT2D eigenvalue weighted by molar-refractivity contribution is 7.93. The molecule has 3 aromatic rings. The molecule has 0 spiro atoms. The number of anilines is 3. The van der Waals surface area contributed by atoms with Crippen LogP contribution >= 0.6 is 11.3 Å². The van der Waals surface area contributed by atoms with Crippen LogP contribution < -0.4 is 14.5 Å². The van der Waals surface area contributed by atoms with Crippen molar-refractivity contribution in [1.29, 1.82) is 0 Å². The molecule has 1 atom stereocenters. The second-order valence-electron chi connectivity index (χ2n) is 9.45. The lowest BCUT2D eigenvalue weighted by Crippen LogP contribution is -2.55. The van der Waals surface area contributed by atoms with Crippen molar-refractivity contribution in [3.8, 4) is 0 Å². The minimum Gasteiger partial charge on any atom is -0.368 e. The second kappa shape index (κ2) is 10.3. The van der Waals surface area contributed by atoms with Gasteiger partial charge in [-0.2, -0.15) is 0 Å². The van der Waals surface area contributed by atoms with Crippen molar-refractivity contribution >= 4 is 43.8 Å². The summed E-state index contributed by atoms with van der Waals surface area (Å²) in [6.45, 7) is 6.99. The summed E-state index contributed by atoms with van der Waals surface area (Å²) < 4.78 is 41.6. The van der Waals surface area contributed by atoms with Crippen LogP contribution in [0.3, 0.4) is 0 Å². The summed E-state index contributed by atoms with van der Waals surface area (Å²) in [7, 11) is -3.71. The van der Waals surface area contributed by atoms with Crippen molar-refractivity contribution in [2.75, 3.05) is 47.2 Å². The summed E-state index contributed by atoms with van der Waals surface area (Å²) >= 11 is 1.25. The maximum absolute atomic E-state index is 13.7. The van der Waals surface area contributed by atoms with Gasteiger partial charge in [0, 0.05) is 50.9 Å². The number of amides is 1. The fourth-order valence-electron chi connectivity index (χ4n) is 4.99. The fraction of sp³-hybridized carbons (Fsp3) is 0.385. The number of carbonyl (C=O) groups excluding carboxylic acids is 1. The molecule has 0 bridgehead atoms. The van der Waals surface area contributed by atoms with Crippen LogP contribution in [0, 0.1) is 12.7 Å². The summed E-state index contributed by atoms with van der Waals surface area (Å²) in [5, 5.41) is 2.13. The molecule has 2 aliphatic rings. The van der Waals surface area contributed by atoms with Gasteiger partial charge >= 0.3 is 0 Å². The van der Waals surface area contributed by atoms with Crippen molar-refractivity contribution in [3.05, 3.63) is 64.9 Å². The Kier molecular flexibility index (Phi) is 7.09. The second-order valence-corrected chi connectivity index (χ2v) is 12.0. The smallest absolute Gasteiger partial charge is 0.263 e. The van der Waals surface area contributed by atoms with Crippen LogP contribution in [0.25, 0.3) is 0 Å². The molecule has 0 unspecified atom stereocenters. The summed E-state index contributed by atoms with van der Waals surface area (Å²) in [6, 6.07) is 11.3. The predicted octanol–water partition coefficient (Wildman–Crippen LogP) is 4.13. The third kappa shape index (κ3) is 5.42. The highest BCUT2D eigenvalue weighted by Gasteiger charge is 2.31. The SMILES string of the molecule is Cc1csc(NS(=O)(=O)c2ccc(N3CCN(C(=O)[C@@H](C)N4CCCc5cc(F)ccc54)CC3)cc2)n1.[HH]. The summed E-state index contributed by atoms with van der Waals surface area (Å²) in [4.78, 5) is 23.8. The number of fused-ring (bicyclic) bond motifs is 1. The van der Waals surface area contributed by atoms with Gasteiger partial charge in [-0.15, -0.1) is 11.3 Å². The topological polar surface area (TPSA) is 85.8 Å². The monoisotopic (exact) mass is 545 g/mol. The molecule has 2 aliphatic heterocycles. The quantitative estimate of drug-likeness (QED) is 0.502. The molecule has 1 N–H and O–H groups in total. The first-order valence-corrected chi connectivity index (χ1v) is 14.7. The Bertz CT molecular complexity index is 1390. The fourth-order valence-corrected chi connectivity index (χ4v) is 6.93. The Labute approximate surface area is 222 Å². The number of hydrogen-bond acceptors (Lipinski definition) is 7. The predicted molar refractivity (Wildman–Crippen MR) is 147 cm³/mol. The van der Waals surface area contributed by atoms with E-state index in [-0.39, 0.29) is 24.1 Å². The number of hydrogen-bond donors (Lipinski definition) is 1. The number of benzene rings is 2.